The summed E-state index contributed by atoms with van der Waals surface area (Å²) in [6.07, 6.45) is 3.95. The second kappa shape index (κ2) is 10.5. The van der Waals surface area contributed by atoms with E-state index in [1.807, 2.05) is 43.3 Å². The smallest absolute Gasteiger partial charge is 0.252 e. The lowest BCUT2D eigenvalue weighted by Gasteiger charge is -2.30. The molecule has 1 unspecified atom stereocenters. The van der Waals surface area contributed by atoms with Crippen LogP contribution in [0.25, 0.3) is 10.9 Å². The van der Waals surface area contributed by atoms with Crippen molar-refractivity contribution in [2.24, 2.45) is 0 Å². The lowest BCUT2D eigenvalue weighted by molar-refractivity contribution is 0.147. The number of tetrazole rings is 1. The van der Waals surface area contributed by atoms with Crippen LogP contribution in [0.1, 0.15) is 54.9 Å². The van der Waals surface area contributed by atoms with Crippen molar-refractivity contribution < 1.29 is 9.52 Å². The van der Waals surface area contributed by atoms with Crippen LogP contribution in [-0.4, -0.2) is 48.3 Å². The summed E-state index contributed by atoms with van der Waals surface area (Å²) < 4.78 is 7.23. The largest absolute Gasteiger partial charge is 0.467 e. The number of aromatic amines is 1. The van der Waals surface area contributed by atoms with Gasteiger partial charge < -0.3 is 14.5 Å². The Morgan fingerprint density at radius 3 is 2.91 bits per heavy atom. The zero-order chi connectivity index (χ0) is 23.2. The molecule has 0 bridgehead atoms. The minimum absolute atomic E-state index is 0.0694. The van der Waals surface area contributed by atoms with E-state index in [4.69, 9.17) is 4.42 Å². The van der Waals surface area contributed by atoms with E-state index in [1.165, 1.54) is 0 Å². The summed E-state index contributed by atoms with van der Waals surface area (Å²) in [4.78, 5) is 18.2. The molecule has 3 heterocycles. The summed E-state index contributed by atoms with van der Waals surface area (Å²) in [7, 11) is 0. The summed E-state index contributed by atoms with van der Waals surface area (Å²) >= 11 is 0. The zero-order valence-electron chi connectivity index (χ0n) is 19.1. The van der Waals surface area contributed by atoms with E-state index in [0.717, 1.165) is 40.9 Å². The standard InChI is InChI=1S/C24H30N6O3/c1-3-7-21(23-26-27-28-30(23)16-20-10-5-13-33-20)29(11-6-12-31)15-19-14-18-9-4-8-17(2)22(18)25-24(19)32/h4-5,8-10,13-14,21,31H,3,6-7,11-12,15-16H2,1-2H3,(H,25,32). The van der Waals surface area contributed by atoms with Crippen molar-refractivity contribution in [2.45, 2.75) is 52.2 Å². The van der Waals surface area contributed by atoms with E-state index in [1.54, 1.807) is 10.9 Å². The lowest BCUT2D eigenvalue weighted by Crippen LogP contribution is -2.34. The Hall–Kier alpha value is -3.30. The molecular formula is C24H30N6O3. The van der Waals surface area contributed by atoms with Gasteiger partial charge in [-0.05, 0) is 59.3 Å². The van der Waals surface area contributed by atoms with Crippen LogP contribution < -0.4 is 5.56 Å². The van der Waals surface area contributed by atoms with Gasteiger partial charge in [-0.3, -0.25) is 9.69 Å². The topological polar surface area (TPSA) is 113 Å². The molecule has 0 amide bonds. The predicted molar refractivity (Wildman–Crippen MR) is 125 cm³/mol. The van der Waals surface area contributed by atoms with Gasteiger partial charge >= 0.3 is 0 Å². The van der Waals surface area contributed by atoms with Crippen molar-refractivity contribution in [2.75, 3.05) is 13.2 Å². The molecule has 0 spiro atoms. The molecule has 0 saturated heterocycles. The number of H-pyrrole nitrogens is 1. The zero-order valence-corrected chi connectivity index (χ0v) is 19.1. The Labute approximate surface area is 192 Å². The normalized spacial score (nSPS) is 12.6. The van der Waals surface area contributed by atoms with Crippen LogP contribution in [0.2, 0.25) is 0 Å². The fourth-order valence-corrected chi connectivity index (χ4v) is 4.25. The Kier molecular flexibility index (Phi) is 7.31. The fourth-order valence-electron chi connectivity index (χ4n) is 4.25. The molecule has 0 radical (unpaired) electrons. The third-order valence-electron chi connectivity index (χ3n) is 5.89. The highest BCUT2D eigenvalue weighted by molar-refractivity contribution is 5.81. The van der Waals surface area contributed by atoms with Gasteiger partial charge in [-0.15, -0.1) is 5.10 Å². The van der Waals surface area contributed by atoms with Gasteiger partial charge in [0.25, 0.3) is 5.56 Å². The second-order valence-electron chi connectivity index (χ2n) is 8.29. The summed E-state index contributed by atoms with van der Waals surface area (Å²) in [5, 5.41) is 23.0. The number of pyridine rings is 1. The first-order valence-electron chi connectivity index (χ1n) is 11.4. The molecular weight excluding hydrogens is 420 g/mol. The summed E-state index contributed by atoms with van der Waals surface area (Å²) in [6, 6.07) is 11.6. The number of fused-ring (bicyclic) bond motifs is 1. The quantitative estimate of drug-likeness (QED) is 0.361. The van der Waals surface area contributed by atoms with Crippen molar-refractivity contribution >= 4 is 10.9 Å². The minimum atomic E-state index is -0.112. The first-order valence-corrected chi connectivity index (χ1v) is 11.4. The number of aliphatic hydroxyl groups excluding tert-OH is 1. The number of hydrogen-bond donors (Lipinski definition) is 2. The fraction of sp³-hybridized carbons (Fsp3) is 0.417. The van der Waals surface area contributed by atoms with Crippen LogP contribution in [-0.2, 0) is 13.1 Å². The van der Waals surface area contributed by atoms with E-state index in [9.17, 15) is 9.90 Å². The van der Waals surface area contributed by atoms with Gasteiger partial charge in [0.1, 0.15) is 12.3 Å². The van der Waals surface area contributed by atoms with Crippen molar-refractivity contribution in [1.29, 1.82) is 0 Å². The van der Waals surface area contributed by atoms with E-state index < -0.39 is 0 Å². The molecule has 0 aliphatic carbocycles. The maximum atomic E-state index is 13.0. The number of nitrogens with one attached hydrogen (secondary N) is 1. The van der Waals surface area contributed by atoms with E-state index in [2.05, 4.69) is 32.3 Å². The highest BCUT2D eigenvalue weighted by atomic mass is 16.3. The number of aliphatic hydroxyl groups is 1. The van der Waals surface area contributed by atoms with Crippen LogP contribution in [0.4, 0.5) is 0 Å². The molecule has 0 saturated carbocycles. The number of nitrogens with zero attached hydrogens (tertiary/aromatic N) is 5. The number of aromatic nitrogens is 5. The summed E-state index contributed by atoms with van der Waals surface area (Å²) in [5.41, 5.74) is 2.48. The number of rotatable bonds is 11. The maximum Gasteiger partial charge on any atom is 0.252 e. The molecule has 0 aliphatic heterocycles. The number of hydrogen-bond acceptors (Lipinski definition) is 7. The average molecular weight is 451 g/mol. The van der Waals surface area contributed by atoms with Crippen molar-refractivity contribution in [3.8, 4) is 0 Å². The first-order chi connectivity index (χ1) is 16.1. The first kappa shape index (κ1) is 22.9. The lowest BCUT2D eigenvalue weighted by atomic mass is 10.1. The highest BCUT2D eigenvalue weighted by Gasteiger charge is 2.26. The van der Waals surface area contributed by atoms with Gasteiger partial charge in [-0.1, -0.05) is 31.5 Å². The molecule has 9 heteroatoms. The van der Waals surface area contributed by atoms with Crippen molar-refractivity contribution in [3.63, 3.8) is 0 Å². The summed E-state index contributed by atoms with van der Waals surface area (Å²) in [5.74, 6) is 1.49. The average Bonchev–Trinajstić information content (AvgIpc) is 3.49. The minimum Gasteiger partial charge on any atom is -0.467 e. The molecule has 174 valence electrons. The number of benzene rings is 1. The Balaban J connectivity index is 1.68. The van der Waals surface area contributed by atoms with E-state index in [-0.39, 0.29) is 18.2 Å². The molecule has 2 N–H and O–H groups in total. The van der Waals surface area contributed by atoms with Crippen molar-refractivity contribution in [3.05, 3.63) is 75.7 Å². The molecule has 4 rings (SSSR count). The Morgan fingerprint density at radius 2 is 2.15 bits per heavy atom. The molecule has 3 aromatic heterocycles. The van der Waals surface area contributed by atoms with Crippen molar-refractivity contribution in [1.82, 2.24) is 30.1 Å². The number of furan rings is 1. The van der Waals surface area contributed by atoms with Gasteiger partial charge in [0.15, 0.2) is 5.82 Å². The van der Waals surface area contributed by atoms with E-state index in [0.29, 0.717) is 31.6 Å². The molecule has 0 fully saturated rings. The SMILES string of the molecule is CCCC(c1nnnn1Cc1ccco1)N(CCCO)Cc1cc2cccc(C)c2[nH]c1=O. The van der Waals surface area contributed by atoms with Crippen LogP contribution in [0, 0.1) is 6.92 Å². The van der Waals surface area contributed by atoms with Crippen LogP contribution in [0.5, 0.6) is 0 Å². The molecule has 1 aromatic carbocycles. The number of aryl methyl sites for hydroxylation is 1. The van der Waals surface area contributed by atoms with Crippen LogP contribution >= 0.6 is 0 Å². The third kappa shape index (κ3) is 5.20. The van der Waals surface area contributed by atoms with Gasteiger partial charge in [0, 0.05) is 25.3 Å². The number of para-hydroxylation sites is 1. The Bertz CT molecular complexity index is 1230. The monoisotopic (exact) mass is 450 g/mol. The summed E-state index contributed by atoms with van der Waals surface area (Å²) in [6.45, 7) is 5.64. The van der Waals surface area contributed by atoms with E-state index >= 15 is 0 Å². The highest BCUT2D eigenvalue weighted by Crippen LogP contribution is 2.27. The van der Waals surface area contributed by atoms with Crippen LogP contribution in [0.15, 0.2) is 51.9 Å². The third-order valence-corrected chi connectivity index (χ3v) is 5.89. The van der Waals surface area contributed by atoms with Gasteiger partial charge in [-0.2, -0.15) is 0 Å². The maximum absolute atomic E-state index is 13.0. The molecule has 33 heavy (non-hydrogen) atoms. The molecule has 9 nitrogen and oxygen atoms in total. The van der Waals surface area contributed by atoms with Crippen LogP contribution in [0.3, 0.4) is 0 Å². The second-order valence-corrected chi connectivity index (χ2v) is 8.29. The predicted octanol–water partition coefficient (Wildman–Crippen LogP) is 3.19. The van der Waals surface area contributed by atoms with Gasteiger partial charge in [0.2, 0.25) is 0 Å². The molecule has 0 aliphatic rings. The van der Waals surface area contributed by atoms with Gasteiger partial charge in [0.05, 0.1) is 17.8 Å². The Morgan fingerprint density at radius 1 is 1.27 bits per heavy atom. The van der Waals surface area contributed by atoms with Gasteiger partial charge in [-0.25, -0.2) is 4.68 Å². The molecule has 1 atom stereocenters. The molecule has 4 aromatic rings.